The molecule has 0 heterocycles. The van der Waals surface area contributed by atoms with Crippen LogP contribution in [0.2, 0.25) is 0 Å². The van der Waals surface area contributed by atoms with E-state index in [1.807, 2.05) is 38.2 Å². The smallest absolute Gasteiger partial charge is 0.234 e. The molecule has 0 bridgehead atoms. The van der Waals surface area contributed by atoms with Gasteiger partial charge in [0.15, 0.2) is 0 Å². The predicted octanol–water partition coefficient (Wildman–Crippen LogP) is 1.62. The highest BCUT2D eigenvalue weighted by molar-refractivity contribution is 7.97. The van der Waals surface area contributed by atoms with Crippen LogP contribution in [0.3, 0.4) is 0 Å². The maximum absolute atomic E-state index is 8.94. The van der Waals surface area contributed by atoms with Crippen molar-refractivity contribution < 1.29 is 4.55 Å². The van der Waals surface area contributed by atoms with Gasteiger partial charge in [0.25, 0.3) is 0 Å². The molecule has 0 saturated heterocycles. The zero-order chi connectivity index (χ0) is 8.74. The van der Waals surface area contributed by atoms with Crippen LogP contribution in [0.4, 0.5) is 0 Å². The van der Waals surface area contributed by atoms with E-state index >= 15 is 0 Å². The first-order chi connectivity index (χ1) is 5.24. The summed E-state index contributed by atoms with van der Waals surface area (Å²) in [6, 6.07) is 0. The molecule has 0 aromatic heterocycles. The summed E-state index contributed by atoms with van der Waals surface area (Å²) >= 11 is 0.712. The van der Waals surface area contributed by atoms with E-state index in [4.69, 9.17) is 10.2 Å². The highest BCUT2D eigenvalue weighted by atomic mass is 32.2. The van der Waals surface area contributed by atoms with Gasteiger partial charge >= 0.3 is 0 Å². The average molecular weight is 170 g/mol. The van der Waals surface area contributed by atoms with Gasteiger partial charge < -0.3 is 10.2 Å². The van der Waals surface area contributed by atoms with Gasteiger partial charge in [0.05, 0.1) is 4.65 Å². The van der Waals surface area contributed by atoms with Crippen molar-refractivity contribution in [2.45, 2.75) is 18.5 Å². The maximum atomic E-state index is 8.94. The van der Waals surface area contributed by atoms with E-state index in [2.05, 4.69) is 0 Å². The van der Waals surface area contributed by atoms with Gasteiger partial charge in [-0.15, -0.1) is 0 Å². The molecule has 3 N–H and O–H groups in total. The molecule has 2 nitrogen and oxygen atoms in total. The summed E-state index contributed by atoms with van der Waals surface area (Å²) < 4.78 is 8.39. The molecule has 11 heavy (non-hydrogen) atoms. The molecule has 0 aliphatic rings. The number of rotatable bonds is 4. The fourth-order valence-electron chi connectivity index (χ4n) is 0.779. The van der Waals surface area contributed by atoms with Crippen LogP contribution >= 0.6 is 12.0 Å². The van der Waals surface area contributed by atoms with E-state index in [-0.39, 0.29) is 0 Å². The van der Waals surface area contributed by atoms with Gasteiger partial charge in [-0.2, -0.15) is 0 Å². The van der Waals surface area contributed by atoms with Crippen LogP contribution in [0.1, 0.15) is 13.8 Å². The number of hydrogen-bond acceptors (Lipinski definition) is 3. The SMILES string of the molecule is CC=CC([B]N)(C=CC)SO. The van der Waals surface area contributed by atoms with Crippen LogP contribution < -0.4 is 5.64 Å². The summed E-state index contributed by atoms with van der Waals surface area (Å²) in [4.78, 5) is 0. The summed E-state index contributed by atoms with van der Waals surface area (Å²) in [6.45, 7) is 3.77. The van der Waals surface area contributed by atoms with Crippen LogP contribution in [0.25, 0.3) is 0 Å². The molecule has 1 radical (unpaired) electrons. The van der Waals surface area contributed by atoms with Crippen LogP contribution in [0.15, 0.2) is 24.3 Å². The van der Waals surface area contributed by atoms with Gasteiger partial charge in [0, 0.05) is 0 Å². The van der Waals surface area contributed by atoms with Gasteiger partial charge in [-0.05, 0) is 25.9 Å². The lowest BCUT2D eigenvalue weighted by molar-refractivity contribution is 0.658. The maximum Gasteiger partial charge on any atom is 0.234 e. The molecule has 0 spiro atoms. The average Bonchev–Trinajstić information content (AvgIpc) is 2.04. The topological polar surface area (TPSA) is 46.2 Å². The molecule has 61 valence electrons. The van der Waals surface area contributed by atoms with E-state index in [0.29, 0.717) is 12.0 Å². The Morgan fingerprint density at radius 1 is 1.36 bits per heavy atom. The van der Waals surface area contributed by atoms with E-state index in [1.165, 1.54) is 7.41 Å². The van der Waals surface area contributed by atoms with Crippen LogP contribution in [0.5, 0.6) is 0 Å². The molecule has 0 aromatic rings. The van der Waals surface area contributed by atoms with Gasteiger partial charge in [-0.25, -0.2) is 0 Å². The van der Waals surface area contributed by atoms with Crippen molar-refractivity contribution in [3.05, 3.63) is 24.3 Å². The number of allylic oxidation sites excluding steroid dienone is 2. The third kappa shape index (κ3) is 3.14. The molecule has 0 rings (SSSR count). The van der Waals surface area contributed by atoms with Gasteiger partial charge in [0.1, 0.15) is 0 Å². The summed E-state index contributed by atoms with van der Waals surface area (Å²) in [5, 5.41) is 0. The summed E-state index contributed by atoms with van der Waals surface area (Å²) in [7, 11) is 1.46. The van der Waals surface area contributed by atoms with Crippen molar-refractivity contribution >= 4 is 19.5 Å². The Labute approximate surface area is 73.0 Å². The van der Waals surface area contributed by atoms with Crippen molar-refractivity contribution in [2.24, 2.45) is 5.64 Å². The predicted molar refractivity (Wildman–Crippen MR) is 52.5 cm³/mol. The molecule has 0 unspecified atom stereocenters. The first-order valence-electron chi connectivity index (χ1n) is 3.41. The summed E-state index contributed by atoms with van der Waals surface area (Å²) in [6.07, 6.45) is 7.37. The highest BCUT2D eigenvalue weighted by Crippen LogP contribution is 2.23. The molecular weight excluding hydrogens is 157 g/mol. The normalized spacial score (nSPS) is 17.5. The second kappa shape index (κ2) is 5.46. The Morgan fingerprint density at radius 2 is 1.82 bits per heavy atom. The van der Waals surface area contributed by atoms with Crippen molar-refractivity contribution in [3.8, 4) is 0 Å². The first kappa shape index (κ1) is 10.8. The molecule has 0 saturated carbocycles. The van der Waals surface area contributed by atoms with E-state index in [1.54, 1.807) is 0 Å². The Morgan fingerprint density at radius 3 is 2.00 bits per heavy atom. The van der Waals surface area contributed by atoms with Crippen molar-refractivity contribution in [1.29, 1.82) is 0 Å². The lowest BCUT2D eigenvalue weighted by atomic mass is 9.75. The quantitative estimate of drug-likeness (QED) is 0.382. The summed E-state index contributed by atoms with van der Waals surface area (Å²) in [5.74, 6) is 0. The lowest BCUT2D eigenvalue weighted by Gasteiger charge is -2.19. The number of hydrogen-bond donors (Lipinski definition) is 2. The van der Waals surface area contributed by atoms with Crippen LogP contribution in [-0.4, -0.2) is 16.6 Å². The third-order valence-corrected chi connectivity index (χ3v) is 2.00. The number of nitrogens with two attached hydrogens (primary N) is 1. The molecule has 0 amide bonds. The molecule has 0 atom stereocenters. The lowest BCUT2D eigenvalue weighted by Crippen LogP contribution is -2.33. The standard InChI is InChI=1S/C7H13BNOS/c1-3-5-7(8-9,11-10)6-4-2/h3-6,10H,9H2,1-2H3. The van der Waals surface area contributed by atoms with Gasteiger partial charge in [-0.1, -0.05) is 24.3 Å². The largest absolute Gasteiger partial charge is 0.373 e. The first-order valence-corrected chi connectivity index (χ1v) is 4.18. The van der Waals surface area contributed by atoms with Crippen molar-refractivity contribution in [1.82, 2.24) is 0 Å². The Bertz CT molecular complexity index is 141. The molecular formula is C7H13BNOS. The minimum absolute atomic E-state index is 0.552. The monoisotopic (exact) mass is 170 g/mol. The van der Waals surface area contributed by atoms with Gasteiger partial charge in [-0.3, -0.25) is 0 Å². The molecule has 0 fully saturated rings. The third-order valence-electron chi connectivity index (χ3n) is 1.27. The van der Waals surface area contributed by atoms with Crippen LogP contribution in [-0.2, 0) is 0 Å². The van der Waals surface area contributed by atoms with E-state index < -0.39 is 4.65 Å². The fraction of sp³-hybridized carbons (Fsp3) is 0.429. The van der Waals surface area contributed by atoms with Crippen molar-refractivity contribution in [3.63, 3.8) is 0 Å². The van der Waals surface area contributed by atoms with E-state index in [9.17, 15) is 0 Å². The fourth-order valence-corrected chi connectivity index (χ4v) is 1.23. The molecule has 0 aromatic carbocycles. The van der Waals surface area contributed by atoms with Crippen LogP contribution in [0, 0.1) is 0 Å². The van der Waals surface area contributed by atoms with Gasteiger partial charge in [0.2, 0.25) is 7.41 Å². The second-order valence-corrected chi connectivity index (χ2v) is 3.00. The van der Waals surface area contributed by atoms with E-state index in [0.717, 1.165) is 0 Å². The molecule has 4 heteroatoms. The zero-order valence-electron chi connectivity index (χ0n) is 6.82. The Balaban J connectivity index is 4.45. The zero-order valence-corrected chi connectivity index (χ0v) is 7.64. The molecule has 0 aliphatic heterocycles. The minimum Gasteiger partial charge on any atom is -0.373 e. The minimum atomic E-state index is -0.552. The summed E-state index contributed by atoms with van der Waals surface area (Å²) in [5.41, 5.74) is 5.38. The second-order valence-electron chi connectivity index (χ2n) is 2.11. The molecule has 0 aliphatic carbocycles. The van der Waals surface area contributed by atoms with Crippen molar-refractivity contribution in [2.75, 3.05) is 0 Å². The Kier molecular flexibility index (Phi) is 5.37. The Hall–Kier alpha value is -0.185. The highest BCUT2D eigenvalue weighted by Gasteiger charge is 2.23.